The Kier molecular flexibility index (Phi) is 4.60. The Morgan fingerprint density at radius 3 is 2.50 bits per heavy atom. The Bertz CT molecular complexity index is 673. The fourth-order valence-electron chi connectivity index (χ4n) is 1.87. The quantitative estimate of drug-likeness (QED) is 0.786. The van der Waals surface area contributed by atoms with Gasteiger partial charge in [0, 0.05) is 16.0 Å². The molecule has 0 aliphatic rings. The number of nitrogens with one attached hydrogen (secondary N) is 1. The minimum absolute atomic E-state index is 0.318. The molecule has 20 heavy (non-hydrogen) atoms. The van der Waals surface area contributed by atoms with Crippen molar-refractivity contribution in [1.29, 1.82) is 0 Å². The molecule has 2 aromatic carbocycles. The Hall–Kier alpha value is -2.05. The summed E-state index contributed by atoms with van der Waals surface area (Å²) >= 11 is 3.46. The molecule has 0 aliphatic carbocycles. The molecule has 0 radical (unpaired) electrons. The van der Waals surface area contributed by atoms with Gasteiger partial charge in [-0.1, -0.05) is 30.2 Å². The number of benzene rings is 2. The van der Waals surface area contributed by atoms with Crippen molar-refractivity contribution in [3.8, 4) is 11.8 Å². The number of anilines is 1. The lowest BCUT2D eigenvalue weighted by Gasteiger charge is -2.09. The maximum Gasteiger partial charge on any atom is 0.300 e. The van der Waals surface area contributed by atoms with Gasteiger partial charge in [0.2, 0.25) is 0 Å². The van der Waals surface area contributed by atoms with Crippen LogP contribution in [0.25, 0.3) is 0 Å². The summed E-state index contributed by atoms with van der Waals surface area (Å²) in [5, 5.41) is 2.82. The van der Waals surface area contributed by atoms with Crippen LogP contribution in [0.2, 0.25) is 0 Å². The highest BCUT2D eigenvalue weighted by atomic mass is 79.9. The van der Waals surface area contributed by atoms with E-state index in [1.165, 1.54) is 0 Å². The summed E-state index contributed by atoms with van der Waals surface area (Å²) in [4.78, 5) is 11.9. The maximum absolute atomic E-state index is 11.9. The molecule has 0 heterocycles. The topological polar surface area (TPSA) is 29.1 Å². The van der Waals surface area contributed by atoms with Crippen molar-refractivity contribution in [2.75, 3.05) is 5.32 Å². The molecular formula is C17H14BrNO. The van der Waals surface area contributed by atoms with E-state index in [0.717, 1.165) is 26.9 Å². The van der Waals surface area contributed by atoms with Crippen LogP contribution >= 0.6 is 15.9 Å². The summed E-state index contributed by atoms with van der Waals surface area (Å²) in [6.07, 6.45) is 0. The van der Waals surface area contributed by atoms with Gasteiger partial charge in [0.1, 0.15) is 0 Å². The third kappa shape index (κ3) is 3.72. The Morgan fingerprint density at radius 1 is 1.15 bits per heavy atom. The highest BCUT2D eigenvalue weighted by molar-refractivity contribution is 9.10. The smallest absolute Gasteiger partial charge is 0.300 e. The van der Waals surface area contributed by atoms with Gasteiger partial charge >= 0.3 is 5.91 Å². The summed E-state index contributed by atoms with van der Waals surface area (Å²) in [5.74, 6) is 5.12. The molecule has 100 valence electrons. The van der Waals surface area contributed by atoms with Crippen molar-refractivity contribution >= 4 is 27.5 Å². The van der Waals surface area contributed by atoms with Crippen LogP contribution in [-0.4, -0.2) is 5.91 Å². The summed E-state index contributed by atoms with van der Waals surface area (Å²) in [6.45, 7) is 3.97. The molecule has 0 fully saturated rings. The van der Waals surface area contributed by atoms with E-state index < -0.39 is 0 Å². The molecule has 2 nitrogen and oxygen atoms in total. The second-order valence-electron chi connectivity index (χ2n) is 4.51. The Labute approximate surface area is 127 Å². The van der Waals surface area contributed by atoms with Crippen molar-refractivity contribution in [3.05, 3.63) is 63.6 Å². The Morgan fingerprint density at radius 2 is 1.85 bits per heavy atom. The number of carbonyl (C=O) groups excluding carboxylic acids is 1. The van der Waals surface area contributed by atoms with Crippen LogP contribution in [0.3, 0.4) is 0 Å². The molecule has 0 bridgehead atoms. The van der Waals surface area contributed by atoms with Gasteiger partial charge in [-0.15, -0.1) is 0 Å². The number of hydrogen-bond donors (Lipinski definition) is 1. The number of amides is 1. The van der Waals surface area contributed by atoms with Gasteiger partial charge in [0.15, 0.2) is 0 Å². The van der Waals surface area contributed by atoms with Crippen molar-refractivity contribution in [1.82, 2.24) is 0 Å². The molecule has 1 amide bonds. The predicted octanol–water partition coefficient (Wildman–Crippen LogP) is 4.06. The molecular weight excluding hydrogens is 314 g/mol. The first-order chi connectivity index (χ1) is 9.56. The lowest BCUT2D eigenvalue weighted by atomic mass is 10.1. The van der Waals surface area contributed by atoms with Crippen LogP contribution in [0.1, 0.15) is 16.7 Å². The fourth-order valence-corrected chi connectivity index (χ4v) is 2.64. The predicted molar refractivity (Wildman–Crippen MR) is 85.6 cm³/mol. The van der Waals surface area contributed by atoms with Gasteiger partial charge in [0.05, 0.1) is 5.69 Å². The zero-order valence-corrected chi connectivity index (χ0v) is 12.9. The highest BCUT2D eigenvalue weighted by Crippen LogP contribution is 2.27. The van der Waals surface area contributed by atoms with Crippen LogP contribution in [0.15, 0.2) is 46.9 Å². The second kappa shape index (κ2) is 6.40. The fraction of sp³-hybridized carbons (Fsp3) is 0.118. The molecule has 2 aromatic rings. The second-order valence-corrected chi connectivity index (χ2v) is 5.36. The lowest BCUT2D eigenvalue weighted by Crippen LogP contribution is -2.10. The van der Waals surface area contributed by atoms with E-state index in [9.17, 15) is 4.79 Å². The number of halogens is 1. The number of carbonyl (C=O) groups is 1. The van der Waals surface area contributed by atoms with E-state index in [0.29, 0.717) is 0 Å². The summed E-state index contributed by atoms with van der Waals surface area (Å²) in [6, 6.07) is 13.4. The van der Waals surface area contributed by atoms with Crippen molar-refractivity contribution in [2.24, 2.45) is 0 Å². The number of hydrogen-bond acceptors (Lipinski definition) is 1. The number of aryl methyl sites for hydroxylation is 2. The molecule has 0 saturated carbocycles. The third-order valence-corrected chi connectivity index (χ3v) is 3.39. The van der Waals surface area contributed by atoms with Crippen LogP contribution in [0.5, 0.6) is 0 Å². The summed E-state index contributed by atoms with van der Waals surface area (Å²) in [5.41, 5.74) is 3.74. The van der Waals surface area contributed by atoms with Crippen LogP contribution in [-0.2, 0) is 4.79 Å². The zero-order chi connectivity index (χ0) is 14.5. The standard InChI is InChI=1S/C17H14BrNO/c1-12-10-13(2)17(15(18)11-12)19-16(20)9-8-14-6-4-3-5-7-14/h3-7,10-11H,1-2H3,(H,19,20). The van der Waals surface area contributed by atoms with Crippen LogP contribution < -0.4 is 5.32 Å². The summed E-state index contributed by atoms with van der Waals surface area (Å²) in [7, 11) is 0. The molecule has 2 rings (SSSR count). The summed E-state index contributed by atoms with van der Waals surface area (Å²) < 4.78 is 0.866. The molecule has 0 unspecified atom stereocenters. The monoisotopic (exact) mass is 327 g/mol. The molecule has 1 N–H and O–H groups in total. The molecule has 0 aromatic heterocycles. The molecule has 0 saturated heterocycles. The first-order valence-electron chi connectivity index (χ1n) is 6.21. The molecule has 0 atom stereocenters. The SMILES string of the molecule is Cc1cc(C)c(NC(=O)C#Cc2ccccc2)c(Br)c1. The third-order valence-electron chi connectivity index (χ3n) is 2.76. The van der Waals surface area contributed by atoms with E-state index in [1.807, 2.05) is 56.3 Å². The van der Waals surface area contributed by atoms with Gasteiger partial charge in [-0.05, 0) is 59.1 Å². The van der Waals surface area contributed by atoms with Crippen molar-refractivity contribution in [3.63, 3.8) is 0 Å². The van der Waals surface area contributed by atoms with Crippen LogP contribution in [0.4, 0.5) is 5.69 Å². The average Bonchev–Trinajstić information content (AvgIpc) is 2.42. The molecule has 0 spiro atoms. The normalized spacial score (nSPS) is 9.55. The number of rotatable bonds is 1. The van der Waals surface area contributed by atoms with Gasteiger partial charge in [-0.3, -0.25) is 4.79 Å². The first kappa shape index (κ1) is 14.4. The van der Waals surface area contributed by atoms with Gasteiger partial charge in [-0.25, -0.2) is 0 Å². The van der Waals surface area contributed by atoms with E-state index >= 15 is 0 Å². The molecule has 3 heteroatoms. The van der Waals surface area contributed by atoms with E-state index in [-0.39, 0.29) is 5.91 Å². The van der Waals surface area contributed by atoms with Gasteiger partial charge < -0.3 is 5.32 Å². The van der Waals surface area contributed by atoms with Crippen molar-refractivity contribution < 1.29 is 4.79 Å². The lowest BCUT2D eigenvalue weighted by molar-refractivity contribution is -0.111. The first-order valence-corrected chi connectivity index (χ1v) is 7.00. The van der Waals surface area contributed by atoms with Gasteiger partial charge in [0.25, 0.3) is 0 Å². The van der Waals surface area contributed by atoms with E-state index in [2.05, 4.69) is 33.1 Å². The van der Waals surface area contributed by atoms with Crippen molar-refractivity contribution in [2.45, 2.75) is 13.8 Å². The molecule has 0 aliphatic heterocycles. The van der Waals surface area contributed by atoms with E-state index in [1.54, 1.807) is 0 Å². The zero-order valence-electron chi connectivity index (χ0n) is 11.3. The largest absolute Gasteiger partial charge is 0.314 e. The van der Waals surface area contributed by atoms with Gasteiger partial charge in [-0.2, -0.15) is 0 Å². The minimum Gasteiger partial charge on any atom is -0.314 e. The van der Waals surface area contributed by atoms with E-state index in [4.69, 9.17) is 0 Å². The average molecular weight is 328 g/mol. The highest BCUT2D eigenvalue weighted by Gasteiger charge is 2.07. The Balaban J connectivity index is 2.16. The minimum atomic E-state index is -0.318. The maximum atomic E-state index is 11.9. The van der Waals surface area contributed by atoms with Crippen LogP contribution in [0, 0.1) is 25.7 Å².